The molecule has 0 aromatic heterocycles. The van der Waals surface area contributed by atoms with Crippen LogP contribution in [0.4, 0.5) is 20.2 Å². The van der Waals surface area contributed by atoms with Gasteiger partial charge in [-0.25, -0.2) is 8.78 Å². The van der Waals surface area contributed by atoms with Crippen LogP contribution >= 0.6 is 15.9 Å². The van der Waals surface area contributed by atoms with Crippen LogP contribution in [0, 0.1) is 11.6 Å². The Morgan fingerprint density at radius 1 is 1.16 bits per heavy atom. The Morgan fingerprint density at radius 2 is 1.79 bits per heavy atom. The molecule has 0 fully saturated rings. The monoisotopic (exact) mass is 326 g/mol. The summed E-state index contributed by atoms with van der Waals surface area (Å²) in [6, 6.07) is 8.87. The molecule has 0 heterocycles. The van der Waals surface area contributed by atoms with E-state index in [1.54, 1.807) is 12.1 Å². The van der Waals surface area contributed by atoms with Crippen molar-refractivity contribution in [3.63, 3.8) is 0 Å². The summed E-state index contributed by atoms with van der Waals surface area (Å²) in [7, 11) is 0. The van der Waals surface area contributed by atoms with Gasteiger partial charge in [-0.1, -0.05) is 12.1 Å². The van der Waals surface area contributed by atoms with Crippen molar-refractivity contribution in [2.24, 2.45) is 0 Å². The summed E-state index contributed by atoms with van der Waals surface area (Å²) in [4.78, 5) is 0. The number of anilines is 2. The summed E-state index contributed by atoms with van der Waals surface area (Å²) < 4.78 is 26.6. The molecular formula is C14H13BrF2N2. The van der Waals surface area contributed by atoms with E-state index >= 15 is 0 Å². The first kappa shape index (κ1) is 13.8. The Balaban J connectivity index is 2.21. The van der Waals surface area contributed by atoms with Gasteiger partial charge in [0.05, 0.1) is 15.8 Å². The van der Waals surface area contributed by atoms with E-state index < -0.39 is 0 Å². The Bertz CT molecular complexity index is 585. The number of nitrogen functional groups attached to an aromatic ring is 1. The van der Waals surface area contributed by atoms with Gasteiger partial charge in [-0.15, -0.1) is 0 Å². The third-order valence-corrected chi connectivity index (χ3v) is 3.44. The van der Waals surface area contributed by atoms with Crippen LogP contribution in [0.3, 0.4) is 0 Å². The number of halogens is 3. The van der Waals surface area contributed by atoms with Gasteiger partial charge < -0.3 is 11.1 Å². The zero-order chi connectivity index (χ0) is 14.0. The van der Waals surface area contributed by atoms with Gasteiger partial charge in [0.15, 0.2) is 0 Å². The SMILES string of the molecule is CC(Nc1cc(F)c(Br)cc1N)c1ccc(F)cc1. The van der Waals surface area contributed by atoms with Crippen LogP contribution in [-0.2, 0) is 0 Å². The molecule has 100 valence electrons. The fourth-order valence-corrected chi connectivity index (χ4v) is 2.12. The van der Waals surface area contributed by atoms with Crippen molar-refractivity contribution in [1.29, 1.82) is 0 Å². The van der Waals surface area contributed by atoms with Crippen molar-refractivity contribution >= 4 is 27.3 Å². The van der Waals surface area contributed by atoms with Crippen molar-refractivity contribution in [2.45, 2.75) is 13.0 Å². The number of hydrogen-bond acceptors (Lipinski definition) is 2. The first-order valence-corrected chi connectivity index (χ1v) is 6.53. The highest BCUT2D eigenvalue weighted by atomic mass is 79.9. The summed E-state index contributed by atoms with van der Waals surface area (Å²) in [5, 5.41) is 3.11. The second-order valence-electron chi connectivity index (χ2n) is 4.27. The Hall–Kier alpha value is -1.62. The van der Waals surface area contributed by atoms with Crippen molar-refractivity contribution in [2.75, 3.05) is 11.1 Å². The summed E-state index contributed by atoms with van der Waals surface area (Å²) in [6.45, 7) is 1.90. The molecule has 3 N–H and O–H groups in total. The molecular weight excluding hydrogens is 314 g/mol. The maximum absolute atomic E-state index is 13.5. The average Bonchev–Trinajstić information content (AvgIpc) is 2.36. The van der Waals surface area contributed by atoms with Gasteiger partial charge in [0.1, 0.15) is 11.6 Å². The molecule has 0 saturated heterocycles. The van der Waals surface area contributed by atoms with E-state index in [2.05, 4.69) is 21.2 Å². The van der Waals surface area contributed by atoms with Crippen molar-refractivity contribution in [3.05, 3.63) is 58.1 Å². The average molecular weight is 327 g/mol. The molecule has 2 aromatic rings. The van der Waals surface area contributed by atoms with Crippen LogP contribution < -0.4 is 11.1 Å². The van der Waals surface area contributed by atoms with Gasteiger partial charge in [0.25, 0.3) is 0 Å². The lowest BCUT2D eigenvalue weighted by Crippen LogP contribution is -2.09. The normalized spacial score (nSPS) is 12.2. The van der Waals surface area contributed by atoms with Gasteiger partial charge in [0, 0.05) is 12.1 Å². The van der Waals surface area contributed by atoms with Crippen LogP contribution in [-0.4, -0.2) is 0 Å². The highest BCUT2D eigenvalue weighted by Gasteiger charge is 2.10. The first-order chi connectivity index (χ1) is 8.97. The molecule has 0 aliphatic rings. The predicted octanol–water partition coefficient (Wildman–Crippen LogP) is 4.48. The third kappa shape index (κ3) is 3.23. The Morgan fingerprint density at radius 3 is 2.42 bits per heavy atom. The Kier molecular flexibility index (Phi) is 4.04. The first-order valence-electron chi connectivity index (χ1n) is 5.74. The smallest absolute Gasteiger partial charge is 0.139 e. The third-order valence-electron chi connectivity index (χ3n) is 2.83. The summed E-state index contributed by atoms with van der Waals surface area (Å²) in [6.07, 6.45) is 0. The van der Waals surface area contributed by atoms with Crippen LogP contribution in [0.15, 0.2) is 40.9 Å². The highest BCUT2D eigenvalue weighted by molar-refractivity contribution is 9.10. The second kappa shape index (κ2) is 5.57. The zero-order valence-corrected chi connectivity index (χ0v) is 11.8. The van der Waals surface area contributed by atoms with E-state index in [9.17, 15) is 8.78 Å². The molecule has 2 aromatic carbocycles. The summed E-state index contributed by atoms with van der Waals surface area (Å²) in [5.74, 6) is -0.673. The lowest BCUT2D eigenvalue weighted by Gasteiger charge is -2.17. The van der Waals surface area contributed by atoms with Gasteiger partial charge in [-0.05, 0) is 46.6 Å². The van der Waals surface area contributed by atoms with Crippen LogP contribution in [0.2, 0.25) is 0 Å². The van der Waals surface area contributed by atoms with Crippen LogP contribution in [0.25, 0.3) is 0 Å². The fraction of sp³-hybridized carbons (Fsp3) is 0.143. The van der Waals surface area contributed by atoms with Gasteiger partial charge in [-0.3, -0.25) is 0 Å². The lowest BCUT2D eigenvalue weighted by molar-refractivity contribution is 0.621. The van der Waals surface area contributed by atoms with E-state index in [4.69, 9.17) is 5.73 Å². The zero-order valence-electron chi connectivity index (χ0n) is 10.3. The van der Waals surface area contributed by atoms with Crippen LogP contribution in [0.5, 0.6) is 0 Å². The highest BCUT2D eigenvalue weighted by Crippen LogP contribution is 2.29. The molecule has 1 atom stereocenters. The molecule has 0 bridgehead atoms. The number of benzene rings is 2. The molecule has 2 nitrogen and oxygen atoms in total. The standard InChI is InChI=1S/C14H13BrF2N2/c1-8(9-2-4-10(16)5-3-9)19-14-7-12(17)11(15)6-13(14)18/h2-8,19H,18H2,1H3. The van der Waals surface area contributed by atoms with E-state index in [1.807, 2.05) is 6.92 Å². The van der Waals surface area contributed by atoms with Crippen LogP contribution in [0.1, 0.15) is 18.5 Å². The number of hydrogen-bond donors (Lipinski definition) is 2. The molecule has 5 heteroatoms. The molecule has 0 saturated carbocycles. The minimum atomic E-state index is -0.386. The van der Waals surface area contributed by atoms with Gasteiger partial charge in [0.2, 0.25) is 0 Å². The van der Waals surface area contributed by atoms with E-state index in [0.717, 1.165) is 5.56 Å². The maximum atomic E-state index is 13.5. The second-order valence-corrected chi connectivity index (χ2v) is 5.13. The maximum Gasteiger partial charge on any atom is 0.139 e. The lowest BCUT2D eigenvalue weighted by atomic mass is 10.1. The quantitative estimate of drug-likeness (QED) is 0.816. The van der Waals surface area contributed by atoms with E-state index in [-0.39, 0.29) is 17.7 Å². The number of rotatable bonds is 3. The molecule has 0 aliphatic carbocycles. The number of nitrogens with two attached hydrogens (primary N) is 1. The van der Waals surface area contributed by atoms with Gasteiger partial charge >= 0.3 is 0 Å². The fourth-order valence-electron chi connectivity index (χ4n) is 1.76. The van der Waals surface area contributed by atoms with Crippen molar-refractivity contribution < 1.29 is 8.78 Å². The largest absolute Gasteiger partial charge is 0.397 e. The Labute approximate surface area is 118 Å². The molecule has 1 unspecified atom stereocenters. The minimum Gasteiger partial charge on any atom is -0.397 e. The van der Waals surface area contributed by atoms with Gasteiger partial charge in [-0.2, -0.15) is 0 Å². The molecule has 0 aliphatic heterocycles. The number of nitrogens with one attached hydrogen (secondary N) is 1. The van der Waals surface area contributed by atoms with E-state index in [1.165, 1.54) is 24.3 Å². The summed E-state index contributed by atoms with van der Waals surface area (Å²) >= 11 is 3.07. The predicted molar refractivity (Wildman–Crippen MR) is 77.0 cm³/mol. The molecule has 19 heavy (non-hydrogen) atoms. The minimum absolute atomic E-state index is 0.108. The topological polar surface area (TPSA) is 38.0 Å². The molecule has 0 amide bonds. The van der Waals surface area contributed by atoms with Crippen molar-refractivity contribution in [1.82, 2.24) is 0 Å². The summed E-state index contributed by atoms with van der Waals surface area (Å²) in [5.41, 5.74) is 7.67. The molecule has 2 rings (SSSR count). The molecule has 0 radical (unpaired) electrons. The molecule has 0 spiro atoms. The van der Waals surface area contributed by atoms with E-state index in [0.29, 0.717) is 15.8 Å². The van der Waals surface area contributed by atoms with Crippen molar-refractivity contribution in [3.8, 4) is 0 Å².